The first-order valence-corrected chi connectivity index (χ1v) is 6.29. The molecule has 2 aromatic heterocycles. The number of H-pyrrole nitrogens is 1. The second-order valence-electron chi connectivity index (χ2n) is 3.82. The molecule has 0 aliphatic heterocycles. The highest BCUT2D eigenvalue weighted by Crippen LogP contribution is 2.13. The van der Waals surface area contributed by atoms with E-state index in [1.165, 1.54) is 11.3 Å². The molecule has 2 heterocycles. The van der Waals surface area contributed by atoms with E-state index in [0.717, 1.165) is 15.8 Å². The topological polar surface area (TPSA) is 70.7 Å². The molecule has 0 radical (unpaired) electrons. The lowest BCUT2D eigenvalue weighted by Gasteiger charge is -2.03. The van der Waals surface area contributed by atoms with E-state index < -0.39 is 0 Å². The van der Waals surface area contributed by atoms with Crippen molar-refractivity contribution in [3.05, 3.63) is 46.5 Å². The second kappa shape index (κ2) is 4.58. The molecule has 2 N–H and O–H groups in total. The first-order valence-electron chi connectivity index (χ1n) is 5.41. The van der Waals surface area contributed by atoms with Crippen molar-refractivity contribution in [3.63, 3.8) is 0 Å². The van der Waals surface area contributed by atoms with Gasteiger partial charge < -0.3 is 5.32 Å². The summed E-state index contributed by atoms with van der Waals surface area (Å²) in [5.41, 5.74) is 3.23. The number of amides is 1. The number of aromatic amines is 1. The summed E-state index contributed by atoms with van der Waals surface area (Å²) >= 11 is 1.52. The molecule has 0 unspecified atom stereocenters. The zero-order valence-corrected chi connectivity index (χ0v) is 10.2. The Balaban J connectivity index is 1.75. The molecule has 0 fully saturated rings. The molecule has 1 aromatic carbocycles. The van der Waals surface area contributed by atoms with Crippen LogP contribution in [0.2, 0.25) is 0 Å². The molecule has 0 spiro atoms. The summed E-state index contributed by atoms with van der Waals surface area (Å²) in [6.45, 7) is 0.504. The highest BCUT2D eigenvalue weighted by molar-refractivity contribution is 7.09. The maximum atomic E-state index is 11.9. The monoisotopic (exact) mass is 258 g/mol. The molecule has 0 aliphatic carbocycles. The number of thiazole rings is 1. The first kappa shape index (κ1) is 10.9. The quantitative estimate of drug-likeness (QED) is 0.754. The largest absolute Gasteiger partial charge is 0.347 e. The van der Waals surface area contributed by atoms with Crippen molar-refractivity contribution < 1.29 is 4.79 Å². The van der Waals surface area contributed by atoms with Crippen molar-refractivity contribution in [1.29, 1.82) is 0 Å². The van der Waals surface area contributed by atoms with E-state index in [-0.39, 0.29) is 5.91 Å². The summed E-state index contributed by atoms with van der Waals surface area (Å²) in [6, 6.07) is 5.46. The lowest BCUT2D eigenvalue weighted by molar-refractivity contribution is 0.0951. The number of nitrogens with zero attached hydrogens (tertiary/aromatic N) is 2. The maximum Gasteiger partial charge on any atom is 0.251 e. The summed E-state index contributed by atoms with van der Waals surface area (Å²) in [4.78, 5) is 16.9. The van der Waals surface area contributed by atoms with Crippen LogP contribution in [0.5, 0.6) is 0 Å². The van der Waals surface area contributed by atoms with Gasteiger partial charge in [-0.1, -0.05) is 6.07 Å². The van der Waals surface area contributed by atoms with Gasteiger partial charge in [-0.15, -0.1) is 11.3 Å². The number of aromatic nitrogens is 3. The Bertz CT molecular complexity index is 674. The third-order valence-electron chi connectivity index (χ3n) is 2.61. The minimum atomic E-state index is -0.0973. The zero-order valence-electron chi connectivity index (χ0n) is 9.38. The van der Waals surface area contributed by atoms with Gasteiger partial charge in [0.25, 0.3) is 5.91 Å². The van der Waals surface area contributed by atoms with Crippen LogP contribution in [-0.4, -0.2) is 21.1 Å². The average Bonchev–Trinajstić information content (AvgIpc) is 3.05. The van der Waals surface area contributed by atoms with Gasteiger partial charge >= 0.3 is 0 Å². The SMILES string of the molecule is O=C(NCc1cncs1)c1ccc2cn[nH]c2c1. The Labute approximate surface area is 107 Å². The number of nitrogens with one attached hydrogen (secondary N) is 2. The molecule has 0 atom stereocenters. The van der Waals surface area contributed by atoms with Gasteiger partial charge in [-0.2, -0.15) is 5.10 Å². The van der Waals surface area contributed by atoms with Gasteiger partial charge in [0.1, 0.15) is 0 Å². The van der Waals surface area contributed by atoms with E-state index >= 15 is 0 Å². The molecule has 3 aromatic rings. The van der Waals surface area contributed by atoms with Crippen LogP contribution in [0.15, 0.2) is 36.1 Å². The molecule has 0 aliphatic rings. The molecular weight excluding hydrogens is 248 g/mol. The van der Waals surface area contributed by atoms with Gasteiger partial charge in [-0.05, 0) is 12.1 Å². The van der Waals surface area contributed by atoms with Gasteiger partial charge in [-0.25, -0.2) is 0 Å². The number of hydrogen-bond donors (Lipinski definition) is 2. The van der Waals surface area contributed by atoms with Crippen LogP contribution in [0.25, 0.3) is 10.9 Å². The summed E-state index contributed by atoms with van der Waals surface area (Å²) in [7, 11) is 0. The van der Waals surface area contributed by atoms with Crippen LogP contribution in [-0.2, 0) is 6.54 Å². The van der Waals surface area contributed by atoms with Crippen LogP contribution < -0.4 is 5.32 Å². The fourth-order valence-electron chi connectivity index (χ4n) is 1.68. The minimum Gasteiger partial charge on any atom is -0.347 e. The summed E-state index contributed by atoms with van der Waals surface area (Å²) in [5.74, 6) is -0.0973. The fraction of sp³-hybridized carbons (Fsp3) is 0.0833. The highest BCUT2D eigenvalue weighted by Gasteiger charge is 2.07. The lowest BCUT2D eigenvalue weighted by atomic mass is 10.1. The zero-order chi connectivity index (χ0) is 12.4. The number of benzene rings is 1. The van der Waals surface area contributed by atoms with E-state index in [9.17, 15) is 4.79 Å². The highest BCUT2D eigenvalue weighted by atomic mass is 32.1. The second-order valence-corrected chi connectivity index (χ2v) is 4.79. The number of carbonyl (C=O) groups is 1. The minimum absolute atomic E-state index is 0.0973. The van der Waals surface area contributed by atoms with Crippen LogP contribution in [0.1, 0.15) is 15.2 Å². The normalized spacial score (nSPS) is 10.7. The van der Waals surface area contributed by atoms with Gasteiger partial charge in [0.15, 0.2) is 0 Å². The van der Waals surface area contributed by atoms with Gasteiger partial charge in [0.05, 0.1) is 23.8 Å². The Hall–Kier alpha value is -2.21. The molecule has 6 heteroatoms. The molecule has 90 valence electrons. The first-order chi connectivity index (χ1) is 8.83. The van der Waals surface area contributed by atoms with Crippen molar-refractivity contribution >= 4 is 28.1 Å². The summed E-state index contributed by atoms with van der Waals surface area (Å²) < 4.78 is 0. The summed E-state index contributed by atoms with van der Waals surface area (Å²) in [6.07, 6.45) is 3.48. The molecule has 5 nitrogen and oxygen atoms in total. The number of carbonyl (C=O) groups excluding carboxylic acids is 1. The van der Waals surface area contributed by atoms with Crippen LogP contribution in [0, 0.1) is 0 Å². The van der Waals surface area contributed by atoms with E-state index in [0.29, 0.717) is 12.1 Å². The van der Waals surface area contributed by atoms with Crippen LogP contribution >= 0.6 is 11.3 Å². The van der Waals surface area contributed by atoms with Crippen molar-refractivity contribution in [2.45, 2.75) is 6.54 Å². The maximum absolute atomic E-state index is 11.9. The Morgan fingerprint density at radius 1 is 1.39 bits per heavy atom. The Morgan fingerprint density at radius 3 is 3.17 bits per heavy atom. The Morgan fingerprint density at radius 2 is 2.33 bits per heavy atom. The third kappa shape index (κ3) is 2.10. The number of fused-ring (bicyclic) bond motifs is 1. The lowest BCUT2D eigenvalue weighted by Crippen LogP contribution is -2.22. The molecular formula is C12H10N4OS. The molecule has 0 saturated carbocycles. The molecule has 3 rings (SSSR count). The van der Waals surface area contributed by atoms with Gasteiger partial charge in [0.2, 0.25) is 0 Å². The van der Waals surface area contributed by atoms with Crippen molar-refractivity contribution in [1.82, 2.24) is 20.5 Å². The average molecular weight is 258 g/mol. The van der Waals surface area contributed by atoms with E-state index in [1.54, 1.807) is 30.0 Å². The predicted octanol–water partition coefficient (Wildman–Crippen LogP) is 1.95. The van der Waals surface area contributed by atoms with Crippen molar-refractivity contribution in [3.8, 4) is 0 Å². The van der Waals surface area contributed by atoms with Crippen LogP contribution in [0.4, 0.5) is 0 Å². The standard InChI is InChI=1S/C12H10N4OS/c17-12(14-6-10-5-13-7-18-10)8-1-2-9-4-15-16-11(9)3-8/h1-5,7H,6H2,(H,14,17)(H,15,16). The predicted molar refractivity (Wildman–Crippen MR) is 69.4 cm³/mol. The van der Waals surface area contributed by atoms with Gasteiger partial charge in [0, 0.05) is 22.0 Å². The Kier molecular flexibility index (Phi) is 2.77. The fourth-order valence-corrected chi connectivity index (χ4v) is 2.21. The number of rotatable bonds is 3. The summed E-state index contributed by atoms with van der Waals surface area (Å²) in [5, 5.41) is 10.6. The number of hydrogen-bond acceptors (Lipinski definition) is 4. The smallest absolute Gasteiger partial charge is 0.251 e. The van der Waals surface area contributed by atoms with Gasteiger partial charge in [-0.3, -0.25) is 14.9 Å². The van der Waals surface area contributed by atoms with E-state index in [4.69, 9.17) is 0 Å². The molecule has 0 bridgehead atoms. The van der Waals surface area contributed by atoms with Crippen molar-refractivity contribution in [2.24, 2.45) is 0 Å². The third-order valence-corrected chi connectivity index (χ3v) is 3.39. The van der Waals surface area contributed by atoms with E-state index in [2.05, 4.69) is 20.5 Å². The molecule has 1 amide bonds. The van der Waals surface area contributed by atoms with Crippen molar-refractivity contribution in [2.75, 3.05) is 0 Å². The van der Waals surface area contributed by atoms with E-state index in [1.807, 2.05) is 6.07 Å². The van der Waals surface area contributed by atoms with Crippen LogP contribution in [0.3, 0.4) is 0 Å². The molecule has 0 saturated heterocycles. The molecule has 18 heavy (non-hydrogen) atoms.